The van der Waals surface area contributed by atoms with E-state index < -0.39 is 9.84 Å². The van der Waals surface area contributed by atoms with E-state index >= 15 is 0 Å². The maximum atomic E-state index is 11.4. The highest BCUT2D eigenvalue weighted by Gasteiger charge is 2.08. The number of halogens is 1. The average molecular weight is 387 g/mol. The lowest BCUT2D eigenvalue weighted by Crippen LogP contribution is -1.96. The van der Waals surface area contributed by atoms with Gasteiger partial charge in [0, 0.05) is 26.9 Å². The van der Waals surface area contributed by atoms with Gasteiger partial charge in [0.2, 0.25) is 0 Å². The van der Waals surface area contributed by atoms with E-state index in [1.165, 1.54) is 6.26 Å². The van der Waals surface area contributed by atoms with Crippen LogP contribution in [0, 0.1) is 0 Å². The monoisotopic (exact) mass is 386 g/mol. The van der Waals surface area contributed by atoms with E-state index in [0.29, 0.717) is 4.90 Å². The van der Waals surface area contributed by atoms with Crippen LogP contribution in [0.4, 0.5) is 0 Å². The fourth-order valence-corrected chi connectivity index (χ4v) is 3.72. The summed E-state index contributed by atoms with van der Waals surface area (Å²) in [7, 11) is -1.49. The third-order valence-electron chi connectivity index (χ3n) is 2.89. The first-order valence-corrected chi connectivity index (χ1v) is 9.82. The molecule has 6 heteroatoms. The zero-order valence-electron chi connectivity index (χ0n) is 11.7. The van der Waals surface area contributed by atoms with E-state index in [2.05, 4.69) is 15.9 Å². The van der Waals surface area contributed by atoms with E-state index in [4.69, 9.17) is 4.74 Å². The minimum atomic E-state index is -3.14. The van der Waals surface area contributed by atoms with Gasteiger partial charge >= 0.3 is 0 Å². The van der Waals surface area contributed by atoms with Crippen LogP contribution in [-0.2, 0) is 15.6 Å². The fraction of sp³-hybridized carbons (Fsp3) is 0.200. The van der Waals surface area contributed by atoms with Crippen LogP contribution in [0.25, 0.3) is 0 Å². The highest BCUT2D eigenvalue weighted by Crippen LogP contribution is 2.30. The van der Waals surface area contributed by atoms with Gasteiger partial charge < -0.3 is 4.74 Å². The molecule has 0 saturated carbocycles. The topological polar surface area (TPSA) is 43.4 Å². The Hall–Kier alpha value is -0.980. The molecule has 2 rings (SSSR count). The number of rotatable bonds is 5. The Labute approximate surface area is 137 Å². The SMILES string of the molecule is COc1ccc(Br)cc1CSc1ccc(S(C)(=O)=O)cc1. The van der Waals surface area contributed by atoms with Gasteiger partial charge in [0.1, 0.15) is 5.75 Å². The Balaban J connectivity index is 2.12. The molecule has 0 aliphatic rings. The summed E-state index contributed by atoms with van der Waals surface area (Å²) in [4.78, 5) is 1.36. The summed E-state index contributed by atoms with van der Waals surface area (Å²) in [5.41, 5.74) is 1.09. The summed E-state index contributed by atoms with van der Waals surface area (Å²) in [5, 5.41) is 0. The zero-order valence-corrected chi connectivity index (χ0v) is 14.9. The number of hydrogen-bond acceptors (Lipinski definition) is 4. The first-order valence-electron chi connectivity index (χ1n) is 6.15. The number of methoxy groups -OCH3 is 1. The van der Waals surface area contributed by atoms with Gasteiger partial charge in [-0.15, -0.1) is 11.8 Å². The fourth-order valence-electron chi connectivity index (χ4n) is 1.80. The van der Waals surface area contributed by atoms with Crippen LogP contribution in [0.5, 0.6) is 5.75 Å². The summed E-state index contributed by atoms with van der Waals surface area (Å²) in [6.45, 7) is 0. The Morgan fingerprint density at radius 3 is 2.38 bits per heavy atom. The number of hydrogen-bond donors (Lipinski definition) is 0. The minimum absolute atomic E-state index is 0.340. The van der Waals surface area contributed by atoms with Crippen LogP contribution < -0.4 is 4.74 Å². The molecule has 2 aromatic carbocycles. The minimum Gasteiger partial charge on any atom is -0.496 e. The van der Waals surface area contributed by atoms with Crippen molar-refractivity contribution in [2.75, 3.05) is 13.4 Å². The van der Waals surface area contributed by atoms with Crippen molar-refractivity contribution in [2.24, 2.45) is 0 Å². The molecule has 0 N–H and O–H groups in total. The Morgan fingerprint density at radius 2 is 1.81 bits per heavy atom. The van der Waals surface area contributed by atoms with Gasteiger partial charge in [-0.25, -0.2) is 8.42 Å². The lowest BCUT2D eigenvalue weighted by Gasteiger charge is -2.09. The van der Waals surface area contributed by atoms with Gasteiger partial charge in [0.15, 0.2) is 9.84 Å². The number of thioether (sulfide) groups is 1. The smallest absolute Gasteiger partial charge is 0.175 e. The highest BCUT2D eigenvalue weighted by molar-refractivity contribution is 9.10. The largest absolute Gasteiger partial charge is 0.496 e. The third-order valence-corrected chi connectivity index (χ3v) is 5.57. The van der Waals surface area contributed by atoms with Gasteiger partial charge in [0.25, 0.3) is 0 Å². The molecule has 0 aliphatic heterocycles. The van der Waals surface area contributed by atoms with Crippen molar-refractivity contribution in [1.29, 1.82) is 0 Å². The molecule has 2 aromatic rings. The standard InChI is InChI=1S/C15H15BrO3S2/c1-19-15-8-3-12(16)9-11(15)10-20-13-4-6-14(7-5-13)21(2,17)18/h3-9H,10H2,1-2H3. The van der Waals surface area contributed by atoms with Gasteiger partial charge in [-0.05, 0) is 42.5 Å². The summed E-state index contributed by atoms with van der Waals surface area (Å²) < 4.78 is 29.2. The maximum absolute atomic E-state index is 11.4. The quantitative estimate of drug-likeness (QED) is 0.723. The van der Waals surface area contributed by atoms with Crippen molar-refractivity contribution in [1.82, 2.24) is 0 Å². The molecule has 0 spiro atoms. The van der Waals surface area contributed by atoms with Gasteiger partial charge in [0.05, 0.1) is 12.0 Å². The molecule has 0 aliphatic carbocycles. The number of sulfone groups is 1. The first kappa shape index (κ1) is 16.4. The van der Waals surface area contributed by atoms with Crippen molar-refractivity contribution in [3.8, 4) is 5.75 Å². The predicted octanol–water partition coefficient (Wildman–Crippen LogP) is 4.15. The molecule has 21 heavy (non-hydrogen) atoms. The maximum Gasteiger partial charge on any atom is 0.175 e. The number of benzene rings is 2. The van der Waals surface area contributed by atoms with E-state index in [1.54, 1.807) is 31.0 Å². The summed E-state index contributed by atoms with van der Waals surface area (Å²) in [5.74, 6) is 1.60. The summed E-state index contributed by atoms with van der Waals surface area (Å²) in [6.07, 6.45) is 1.21. The third kappa shape index (κ3) is 4.49. The Bertz CT molecular complexity index is 725. The molecular weight excluding hydrogens is 372 g/mol. The molecule has 0 aromatic heterocycles. The molecular formula is C15H15BrO3S2. The van der Waals surface area contributed by atoms with Crippen LogP contribution in [0.2, 0.25) is 0 Å². The van der Waals surface area contributed by atoms with Gasteiger partial charge in [-0.3, -0.25) is 0 Å². The van der Waals surface area contributed by atoms with Crippen LogP contribution in [0.15, 0.2) is 56.7 Å². The highest BCUT2D eigenvalue weighted by atomic mass is 79.9. The second-order valence-electron chi connectivity index (χ2n) is 4.49. The van der Waals surface area contributed by atoms with E-state index in [0.717, 1.165) is 26.4 Å². The normalized spacial score (nSPS) is 11.4. The lowest BCUT2D eigenvalue weighted by molar-refractivity contribution is 0.411. The van der Waals surface area contributed by atoms with Gasteiger partial charge in [-0.1, -0.05) is 15.9 Å². The summed E-state index contributed by atoms with van der Waals surface area (Å²) >= 11 is 5.09. The Morgan fingerprint density at radius 1 is 1.14 bits per heavy atom. The molecule has 0 fully saturated rings. The lowest BCUT2D eigenvalue weighted by atomic mass is 10.2. The van der Waals surface area contributed by atoms with Crippen LogP contribution >= 0.6 is 27.7 Å². The molecule has 0 bridgehead atoms. The molecule has 0 saturated heterocycles. The second-order valence-corrected chi connectivity index (χ2v) is 8.47. The van der Waals surface area contributed by atoms with Crippen molar-refractivity contribution in [2.45, 2.75) is 15.5 Å². The zero-order chi connectivity index (χ0) is 15.5. The predicted molar refractivity (Wildman–Crippen MR) is 89.8 cm³/mol. The summed E-state index contributed by atoms with van der Waals surface area (Å²) in [6, 6.07) is 12.8. The van der Waals surface area contributed by atoms with Crippen molar-refractivity contribution >= 4 is 37.5 Å². The molecule has 0 radical (unpaired) electrons. The van der Waals surface area contributed by atoms with Crippen LogP contribution in [-0.4, -0.2) is 21.8 Å². The van der Waals surface area contributed by atoms with E-state index in [1.807, 2.05) is 30.3 Å². The van der Waals surface area contributed by atoms with E-state index in [9.17, 15) is 8.42 Å². The average Bonchev–Trinajstić information content (AvgIpc) is 2.45. The molecule has 0 amide bonds. The van der Waals surface area contributed by atoms with Crippen LogP contribution in [0.1, 0.15) is 5.56 Å². The van der Waals surface area contributed by atoms with Crippen molar-refractivity contribution in [3.63, 3.8) is 0 Å². The molecule has 112 valence electrons. The molecule has 0 unspecified atom stereocenters. The van der Waals surface area contributed by atoms with Crippen molar-refractivity contribution in [3.05, 3.63) is 52.5 Å². The second kappa shape index (κ2) is 6.85. The van der Waals surface area contributed by atoms with Crippen LogP contribution in [0.3, 0.4) is 0 Å². The van der Waals surface area contributed by atoms with Crippen molar-refractivity contribution < 1.29 is 13.2 Å². The van der Waals surface area contributed by atoms with Gasteiger partial charge in [-0.2, -0.15) is 0 Å². The molecule has 0 atom stereocenters. The van der Waals surface area contributed by atoms with E-state index in [-0.39, 0.29) is 0 Å². The first-order chi connectivity index (χ1) is 9.90. The number of ether oxygens (including phenoxy) is 1. The Kier molecular flexibility index (Phi) is 5.35. The molecule has 3 nitrogen and oxygen atoms in total. The molecule has 0 heterocycles.